The molecule has 1 aliphatic rings. The summed E-state index contributed by atoms with van der Waals surface area (Å²) in [6.07, 6.45) is 3.08. The number of fused-ring (bicyclic) bond motifs is 1. The maximum Gasteiger partial charge on any atom is 0.209 e. The lowest BCUT2D eigenvalue weighted by molar-refractivity contribution is -0.119. The molecule has 1 aromatic heterocycles. The minimum Gasteiger partial charge on any atom is -0.358 e. The molecule has 88 valence electrons. The number of aromatic nitrogens is 1. The fraction of sp³-hybridized carbons (Fsp3) is 0.357. The Kier molecular flexibility index (Phi) is 2.59. The van der Waals surface area contributed by atoms with Crippen molar-refractivity contribution in [1.82, 2.24) is 9.88 Å². The predicted molar refractivity (Wildman–Crippen MR) is 67.9 cm³/mol. The van der Waals surface area contributed by atoms with E-state index in [0.717, 1.165) is 32.3 Å². The number of H-pyrrole nitrogens is 1. The van der Waals surface area contributed by atoms with E-state index in [0.29, 0.717) is 5.92 Å². The zero-order chi connectivity index (χ0) is 11.7. The van der Waals surface area contributed by atoms with Gasteiger partial charge in [0.1, 0.15) is 0 Å². The quantitative estimate of drug-likeness (QED) is 0.788. The molecule has 0 aliphatic carbocycles. The molecule has 0 radical (unpaired) electrons. The lowest BCUT2D eigenvalue weighted by Gasteiger charge is -2.28. The normalized spacial score (nSPS) is 17.5. The first-order valence-electron chi connectivity index (χ1n) is 6.14. The van der Waals surface area contributed by atoms with Gasteiger partial charge in [-0.25, -0.2) is 0 Å². The highest BCUT2D eigenvalue weighted by Crippen LogP contribution is 2.29. The SMILES string of the molecule is O=CN1CCC(c2cc3ccccc3[nH]2)CC1. The van der Waals surface area contributed by atoms with Crippen molar-refractivity contribution >= 4 is 17.3 Å². The monoisotopic (exact) mass is 228 g/mol. The zero-order valence-corrected chi connectivity index (χ0v) is 9.73. The number of carbonyl (C=O) groups excluding carboxylic acids is 1. The van der Waals surface area contributed by atoms with Crippen LogP contribution in [0, 0.1) is 0 Å². The Balaban J connectivity index is 1.82. The number of rotatable bonds is 2. The van der Waals surface area contributed by atoms with Gasteiger partial charge in [0, 0.05) is 30.2 Å². The molecule has 3 heteroatoms. The number of likely N-dealkylation sites (tertiary alicyclic amines) is 1. The molecule has 1 amide bonds. The Morgan fingerprint density at radius 2 is 2.00 bits per heavy atom. The summed E-state index contributed by atoms with van der Waals surface area (Å²) in [7, 11) is 0. The molecule has 0 atom stereocenters. The third kappa shape index (κ3) is 1.93. The third-order valence-electron chi connectivity index (χ3n) is 3.67. The minimum absolute atomic E-state index is 0.568. The van der Waals surface area contributed by atoms with Crippen molar-refractivity contribution < 1.29 is 4.79 Å². The Hall–Kier alpha value is -1.77. The van der Waals surface area contributed by atoms with Gasteiger partial charge in [0.2, 0.25) is 6.41 Å². The first kappa shape index (κ1) is 10.4. The van der Waals surface area contributed by atoms with Crippen LogP contribution in [0.2, 0.25) is 0 Å². The van der Waals surface area contributed by atoms with Crippen LogP contribution in [0.1, 0.15) is 24.5 Å². The second-order valence-electron chi connectivity index (χ2n) is 4.73. The number of para-hydroxylation sites is 1. The number of piperidine rings is 1. The van der Waals surface area contributed by atoms with Gasteiger partial charge in [-0.15, -0.1) is 0 Å². The summed E-state index contributed by atoms with van der Waals surface area (Å²) >= 11 is 0. The number of benzene rings is 1. The van der Waals surface area contributed by atoms with Gasteiger partial charge in [-0.2, -0.15) is 0 Å². The average molecular weight is 228 g/mol. The second-order valence-corrected chi connectivity index (χ2v) is 4.73. The molecule has 0 spiro atoms. The van der Waals surface area contributed by atoms with Crippen LogP contribution in [-0.4, -0.2) is 29.4 Å². The van der Waals surface area contributed by atoms with E-state index >= 15 is 0 Å². The summed E-state index contributed by atoms with van der Waals surface area (Å²) in [5, 5.41) is 1.28. The molecule has 2 heterocycles. The van der Waals surface area contributed by atoms with Gasteiger partial charge in [-0.3, -0.25) is 4.79 Å². The molecule has 3 nitrogen and oxygen atoms in total. The van der Waals surface area contributed by atoms with Gasteiger partial charge in [0.25, 0.3) is 0 Å². The summed E-state index contributed by atoms with van der Waals surface area (Å²) in [5.74, 6) is 0.568. The van der Waals surface area contributed by atoms with Crippen LogP contribution in [0.25, 0.3) is 10.9 Å². The summed E-state index contributed by atoms with van der Waals surface area (Å²) in [4.78, 5) is 16.0. The highest BCUT2D eigenvalue weighted by molar-refractivity contribution is 5.80. The van der Waals surface area contributed by atoms with E-state index in [4.69, 9.17) is 0 Å². The van der Waals surface area contributed by atoms with E-state index in [1.165, 1.54) is 16.6 Å². The summed E-state index contributed by atoms with van der Waals surface area (Å²) < 4.78 is 0. The summed E-state index contributed by atoms with van der Waals surface area (Å²) in [6, 6.07) is 10.6. The van der Waals surface area contributed by atoms with E-state index in [-0.39, 0.29) is 0 Å². The van der Waals surface area contributed by atoms with E-state index in [1.54, 1.807) is 0 Å². The van der Waals surface area contributed by atoms with Gasteiger partial charge in [-0.05, 0) is 30.4 Å². The number of carbonyl (C=O) groups is 1. The fourth-order valence-electron chi connectivity index (χ4n) is 2.63. The van der Waals surface area contributed by atoms with Gasteiger partial charge in [0.05, 0.1) is 0 Å². The van der Waals surface area contributed by atoms with E-state index < -0.39 is 0 Å². The Labute approximate surface area is 100 Å². The molecule has 17 heavy (non-hydrogen) atoms. The number of amides is 1. The molecule has 1 saturated heterocycles. The van der Waals surface area contributed by atoms with Gasteiger partial charge >= 0.3 is 0 Å². The lowest BCUT2D eigenvalue weighted by Crippen LogP contribution is -2.31. The topological polar surface area (TPSA) is 36.1 Å². The average Bonchev–Trinajstić information content (AvgIpc) is 2.82. The van der Waals surface area contributed by atoms with E-state index in [1.807, 2.05) is 4.90 Å². The molecule has 1 aromatic carbocycles. The maximum absolute atomic E-state index is 10.7. The molecule has 0 unspecified atom stereocenters. The van der Waals surface area contributed by atoms with Crippen LogP contribution >= 0.6 is 0 Å². The first-order valence-corrected chi connectivity index (χ1v) is 6.14. The number of aromatic amines is 1. The smallest absolute Gasteiger partial charge is 0.209 e. The second kappa shape index (κ2) is 4.24. The highest BCUT2D eigenvalue weighted by atomic mass is 16.1. The molecule has 1 N–H and O–H groups in total. The van der Waals surface area contributed by atoms with Crippen molar-refractivity contribution in [3.63, 3.8) is 0 Å². The van der Waals surface area contributed by atoms with Crippen LogP contribution in [0.5, 0.6) is 0 Å². The van der Waals surface area contributed by atoms with Gasteiger partial charge in [-0.1, -0.05) is 18.2 Å². The van der Waals surface area contributed by atoms with Crippen molar-refractivity contribution in [1.29, 1.82) is 0 Å². The standard InChI is InChI=1S/C14H16N2O/c17-10-16-7-5-11(6-8-16)14-9-12-3-1-2-4-13(12)15-14/h1-4,9-11,15H,5-8H2. The van der Waals surface area contributed by atoms with Crippen LogP contribution in [0.15, 0.2) is 30.3 Å². The van der Waals surface area contributed by atoms with Crippen molar-refractivity contribution in [2.24, 2.45) is 0 Å². The summed E-state index contributed by atoms with van der Waals surface area (Å²) in [5.41, 5.74) is 2.53. The molecular formula is C14H16N2O. The Morgan fingerprint density at radius 1 is 1.24 bits per heavy atom. The Bertz CT molecular complexity index is 491. The van der Waals surface area contributed by atoms with Crippen LogP contribution in [0.4, 0.5) is 0 Å². The van der Waals surface area contributed by atoms with Crippen molar-refractivity contribution in [3.8, 4) is 0 Å². The number of nitrogens with zero attached hydrogens (tertiary/aromatic N) is 1. The lowest BCUT2D eigenvalue weighted by atomic mass is 9.94. The molecule has 2 aromatic rings. The number of nitrogens with one attached hydrogen (secondary N) is 1. The van der Waals surface area contributed by atoms with Gasteiger partial charge in [0.15, 0.2) is 0 Å². The molecule has 1 fully saturated rings. The zero-order valence-electron chi connectivity index (χ0n) is 9.73. The minimum atomic E-state index is 0.568. The molecular weight excluding hydrogens is 212 g/mol. The molecule has 1 aliphatic heterocycles. The van der Waals surface area contributed by atoms with Crippen LogP contribution in [-0.2, 0) is 4.79 Å². The van der Waals surface area contributed by atoms with Gasteiger partial charge < -0.3 is 9.88 Å². The largest absolute Gasteiger partial charge is 0.358 e. The number of hydrogen-bond donors (Lipinski definition) is 1. The fourth-order valence-corrected chi connectivity index (χ4v) is 2.63. The van der Waals surface area contributed by atoms with E-state index in [2.05, 4.69) is 35.3 Å². The van der Waals surface area contributed by atoms with Crippen molar-refractivity contribution in [2.75, 3.05) is 13.1 Å². The van der Waals surface area contributed by atoms with Crippen LogP contribution in [0.3, 0.4) is 0 Å². The number of hydrogen-bond acceptors (Lipinski definition) is 1. The molecule has 3 rings (SSSR count). The third-order valence-corrected chi connectivity index (χ3v) is 3.67. The highest BCUT2D eigenvalue weighted by Gasteiger charge is 2.20. The van der Waals surface area contributed by atoms with Crippen LogP contribution < -0.4 is 0 Å². The van der Waals surface area contributed by atoms with Crippen molar-refractivity contribution in [3.05, 3.63) is 36.0 Å². The molecule has 0 saturated carbocycles. The predicted octanol–water partition coefficient (Wildman–Crippen LogP) is 2.50. The maximum atomic E-state index is 10.7. The summed E-state index contributed by atoms with van der Waals surface area (Å²) in [6.45, 7) is 1.76. The Morgan fingerprint density at radius 3 is 2.71 bits per heavy atom. The molecule has 0 bridgehead atoms. The van der Waals surface area contributed by atoms with Crippen molar-refractivity contribution in [2.45, 2.75) is 18.8 Å². The van der Waals surface area contributed by atoms with E-state index in [9.17, 15) is 4.79 Å². The first-order chi connectivity index (χ1) is 8.36.